The van der Waals surface area contributed by atoms with Crippen LogP contribution in [0.5, 0.6) is 0 Å². The number of sulfonamides is 1. The lowest BCUT2D eigenvalue weighted by molar-refractivity contribution is -0.120. The van der Waals surface area contributed by atoms with Gasteiger partial charge in [0.05, 0.1) is 22.9 Å². The molecule has 0 fully saturated rings. The molecule has 0 aliphatic rings. The lowest BCUT2D eigenvalue weighted by Gasteiger charge is -2.24. The maximum Gasteiger partial charge on any atom is 0.241 e. The molecule has 1 amide bonds. The van der Waals surface area contributed by atoms with Crippen LogP contribution in [0.3, 0.4) is 0 Å². The minimum atomic E-state index is -3.65. The molecule has 7 nitrogen and oxygen atoms in total. The average molecular weight is 550 g/mol. The smallest absolute Gasteiger partial charge is 0.241 e. The molecule has 0 aliphatic carbocycles. The van der Waals surface area contributed by atoms with Crippen molar-refractivity contribution in [2.45, 2.75) is 24.3 Å². The summed E-state index contributed by atoms with van der Waals surface area (Å²) < 4.78 is 49.6. The number of amides is 1. The first-order valence-electron chi connectivity index (χ1n) is 8.74. The van der Waals surface area contributed by atoms with Gasteiger partial charge in [-0.25, -0.2) is 16.8 Å². The summed E-state index contributed by atoms with van der Waals surface area (Å²) >= 11 is 2.12. The first-order chi connectivity index (χ1) is 13.4. The van der Waals surface area contributed by atoms with Crippen LogP contribution in [0.1, 0.15) is 24.9 Å². The van der Waals surface area contributed by atoms with Crippen LogP contribution in [-0.4, -0.2) is 41.8 Å². The minimum absolute atomic E-state index is 0.199. The molecule has 1 N–H and O–H groups in total. The Kier molecular flexibility index (Phi) is 7.68. The largest absolute Gasteiger partial charge is 0.348 e. The van der Waals surface area contributed by atoms with Crippen molar-refractivity contribution in [1.29, 1.82) is 0 Å². The van der Waals surface area contributed by atoms with E-state index in [-0.39, 0.29) is 17.5 Å². The van der Waals surface area contributed by atoms with Crippen molar-refractivity contribution in [2.75, 3.05) is 23.4 Å². The average Bonchev–Trinajstić information content (AvgIpc) is 2.63. The molecule has 1 unspecified atom stereocenters. The summed E-state index contributed by atoms with van der Waals surface area (Å²) in [5, 5.41) is 2.83. The summed E-state index contributed by atoms with van der Waals surface area (Å²) in [6, 6.07) is 12.8. The third-order valence-electron chi connectivity index (χ3n) is 4.26. The summed E-state index contributed by atoms with van der Waals surface area (Å²) in [4.78, 5) is 12.8. The first kappa shape index (κ1) is 23.6. The maximum absolute atomic E-state index is 12.6. The Bertz CT molecular complexity index is 1070. The molecule has 0 saturated carbocycles. The van der Waals surface area contributed by atoms with Crippen molar-refractivity contribution < 1.29 is 21.6 Å². The molecule has 2 rings (SSSR count). The normalized spacial score (nSPS) is 13.0. The highest BCUT2D eigenvalue weighted by Gasteiger charge is 2.22. The first-order valence-corrected chi connectivity index (χ1v) is 13.6. The van der Waals surface area contributed by atoms with Crippen molar-refractivity contribution in [1.82, 2.24) is 5.32 Å². The van der Waals surface area contributed by atoms with Gasteiger partial charge in [0.1, 0.15) is 6.54 Å². The summed E-state index contributed by atoms with van der Waals surface area (Å²) in [6.45, 7) is 1.53. The molecule has 0 aromatic heterocycles. The lowest BCUT2D eigenvalue weighted by atomic mass is 10.0. The quantitative estimate of drug-likeness (QED) is 0.510. The number of nitrogens with one attached hydrogen (secondary N) is 1. The predicted octanol–water partition coefficient (Wildman–Crippen LogP) is 2.73. The number of anilines is 1. The van der Waals surface area contributed by atoms with E-state index in [1.54, 1.807) is 36.4 Å². The monoisotopic (exact) mass is 550 g/mol. The highest BCUT2D eigenvalue weighted by Crippen LogP contribution is 2.21. The van der Waals surface area contributed by atoms with Crippen molar-refractivity contribution in [3.05, 3.63) is 57.7 Å². The van der Waals surface area contributed by atoms with Gasteiger partial charge < -0.3 is 5.32 Å². The van der Waals surface area contributed by atoms with Crippen molar-refractivity contribution in [3.63, 3.8) is 0 Å². The Morgan fingerprint density at radius 2 is 1.55 bits per heavy atom. The molecule has 0 bridgehead atoms. The Hall–Kier alpha value is -1.66. The zero-order valence-electron chi connectivity index (χ0n) is 16.3. The number of benzene rings is 2. The Morgan fingerprint density at radius 1 is 1.00 bits per heavy atom. The molecule has 2 aromatic rings. The number of rotatable bonds is 8. The van der Waals surface area contributed by atoms with Gasteiger partial charge in [-0.15, -0.1) is 0 Å². The number of carbonyl (C=O) groups excluding carboxylic acids is 1. The van der Waals surface area contributed by atoms with E-state index >= 15 is 0 Å². The van der Waals surface area contributed by atoms with Crippen LogP contribution >= 0.6 is 22.6 Å². The summed E-state index contributed by atoms with van der Waals surface area (Å²) in [6.07, 6.45) is 2.75. The van der Waals surface area contributed by atoms with E-state index in [2.05, 4.69) is 27.9 Å². The standard InChI is InChI=1S/C19H23IN2O5S2/c1-4-18(14-5-11-17(12-6-14)28(2,24)25)21-19(23)13-22(29(3,26)27)16-9-7-15(20)8-10-16/h5-12,18H,4,13H2,1-3H3,(H,21,23). The highest BCUT2D eigenvalue weighted by atomic mass is 127. The summed E-state index contributed by atoms with van der Waals surface area (Å²) in [7, 11) is -6.95. The molecule has 0 spiro atoms. The maximum atomic E-state index is 12.6. The van der Waals surface area contributed by atoms with E-state index < -0.39 is 25.8 Å². The Morgan fingerprint density at radius 3 is 2.00 bits per heavy atom. The molecular weight excluding hydrogens is 527 g/mol. The Balaban J connectivity index is 2.18. The second-order valence-corrected chi connectivity index (χ2v) is 11.8. The predicted molar refractivity (Wildman–Crippen MR) is 122 cm³/mol. The molecule has 0 aliphatic heterocycles. The van der Waals surface area contributed by atoms with Gasteiger partial charge in [0.15, 0.2) is 9.84 Å². The molecule has 0 saturated heterocycles. The van der Waals surface area contributed by atoms with Gasteiger partial charge in [-0.1, -0.05) is 19.1 Å². The molecular formula is C19H23IN2O5S2. The van der Waals surface area contributed by atoms with E-state index in [0.717, 1.165) is 26.0 Å². The molecule has 1 atom stereocenters. The fraction of sp³-hybridized carbons (Fsp3) is 0.316. The summed E-state index contributed by atoms with van der Waals surface area (Å²) in [5.41, 5.74) is 1.15. The molecule has 0 heterocycles. The second-order valence-electron chi connectivity index (χ2n) is 6.62. The van der Waals surface area contributed by atoms with Crippen LogP contribution in [0, 0.1) is 3.57 Å². The van der Waals surface area contributed by atoms with Crippen LogP contribution in [0.2, 0.25) is 0 Å². The van der Waals surface area contributed by atoms with Crippen LogP contribution in [0.4, 0.5) is 5.69 Å². The topological polar surface area (TPSA) is 101 Å². The van der Waals surface area contributed by atoms with E-state index in [0.29, 0.717) is 12.1 Å². The third kappa shape index (κ3) is 6.68. The molecule has 0 radical (unpaired) electrons. The number of hydrogen-bond acceptors (Lipinski definition) is 5. The van der Waals surface area contributed by atoms with E-state index in [4.69, 9.17) is 0 Å². The van der Waals surface area contributed by atoms with Crippen LogP contribution in [-0.2, 0) is 24.7 Å². The number of nitrogens with zero attached hydrogens (tertiary/aromatic N) is 1. The number of hydrogen-bond donors (Lipinski definition) is 1. The van der Waals surface area contributed by atoms with Gasteiger partial charge >= 0.3 is 0 Å². The Labute approximate surface area is 185 Å². The van der Waals surface area contributed by atoms with Crippen LogP contribution < -0.4 is 9.62 Å². The fourth-order valence-corrected chi connectivity index (χ4v) is 4.59. The lowest BCUT2D eigenvalue weighted by Crippen LogP contribution is -2.41. The molecule has 2 aromatic carbocycles. The number of halogens is 1. The van der Waals surface area contributed by atoms with Gasteiger partial charge in [0.2, 0.25) is 15.9 Å². The van der Waals surface area contributed by atoms with Gasteiger partial charge in [-0.3, -0.25) is 9.10 Å². The minimum Gasteiger partial charge on any atom is -0.348 e. The summed E-state index contributed by atoms with van der Waals surface area (Å²) in [5.74, 6) is -0.451. The third-order valence-corrected chi connectivity index (χ3v) is 7.24. The number of sulfone groups is 1. The van der Waals surface area contributed by atoms with E-state index in [1.807, 2.05) is 6.92 Å². The highest BCUT2D eigenvalue weighted by molar-refractivity contribution is 14.1. The van der Waals surface area contributed by atoms with Gasteiger partial charge in [-0.05, 0) is 71.0 Å². The van der Waals surface area contributed by atoms with Crippen molar-refractivity contribution in [2.24, 2.45) is 0 Å². The van der Waals surface area contributed by atoms with Crippen LogP contribution in [0.25, 0.3) is 0 Å². The zero-order chi connectivity index (χ0) is 21.8. The van der Waals surface area contributed by atoms with E-state index in [9.17, 15) is 21.6 Å². The van der Waals surface area contributed by atoms with Crippen molar-refractivity contribution >= 4 is 54.0 Å². The zero-order valence-corrected chi connectivity index (χ0v) is 20.1. The second kappa shape index (κ2) is 9.43. The number of carbonyl (C=O) groups is 1. The van der Waals surface area contributed by atoms with Gasteiger partial charge in [0.25, 0.3) is 0 Å². The van der Waals surface area contributed by atoms with Gasteiger partial charge in [-0.2, -0.15) is 0 Å². The molecule has 29 heavy (non-hydrogen) atoms. The van der Waals surface area contributed by atoms with E-state index in [1.165, 1.54) is 12.1 Å². The molecule has 10 heteroatoms. The van der Waals surface area contributed by atoms with Crippen LogP contribution in [0.15, 0.2) is 53.4 Å². The SMILES string of the molecule is CCC(NC(=O)CN(c1ccc(I)cc1)S(C)(=O)=O)c1ccc(S(C)(=O)=O)cc1. The van der Waals surface area contributed by atoms with Crippen molar-refractivity contribution in [3.8, 4) is 0 Å². The fourth-order valence-electron chi connectivity index (χ4n) is 2.75. The van der Waals surface area contributed by atoms with Gasteiger partial charge in [0, 0.05) is 9.83 Å². The molecule has 158 valence electrons.